The first-order valence-corrected chi connectivity index (χ1v) is 24.3. The van der Waals surface area contributed by atoms with Gasteiger partial charge in [0.2, 0.25) is 0 Å². The number of hydrogen-bond acceptors (Lipinski definition) is 10. The van der Waals surface area contributed by atoms with Gasteiger partial charge in [-0.3, -0.25) is 46.6 Å². The van der Waals surface area contributed by atoms with Gasteiger partial charge in [-0.1, -0.05) is 47.8 Å². The molecule has 9 heterocycles. The first kappa shape index (κ1) is 67.7. The molecule has 0 spiro atoms. The minimum atomic E-state index is -4.46. The Morgan fingerprint density at radius 3 is 1.43 bits per heavy atom. The summed E-state index contributed by atoms with van der Waals surface area (Å²) in [7, 11) is 0. The molecule has 13 aromatic rings. The number of alkyl halides is 3. The zero-order valence-electron chi connectivity index (χ0n) is 44.3. The third-order valence-electron chi connectivity index (χ3n) is 10.7. The third kappa shape index (κ3) is 20.0. The Balaban J connectivity index is 0.000000188. The van der Waals surface area contributed by atoms with Crippen molar-refractivity contribution in [1.82, 2.24) is 79.9 Å². The smallest absolute Gasteiger partial charge is 0.431 e. The molecular formula is C59H40F8Ir3N16-6. The third-order valence-corrected chi connectivity index (χ3v) is 10.7. The fourth-order valence-corrected chi connectivity index (χ4v) is 6.83. The van der Waals surface area contributed by atoms with Crippen molar-refractivity contribution >= 4 is 0 Å². The number of para-hydroxylation sites is 1. The van der Waals surface area contributed by atoms with Crippen molar-refractivity contribution in [2.24, 2.45) is 0 Å². The van der Waals surface area contributed by atoms with E-state index in [1.807, 2.05) is 111 Å². The predicted molar refractivity (Wildman–Crippen MR) is 287 cm³/mol. The Kier molecular flexibility index (Phi) is 26.3. The van der Waals surface area contributed by atoms with Crippen LogP contribution in [0, 0.1) is 61.3 Å². The van der Waals surface area contributed by atoms with Gasteiger partial charge in [0.1, 0.15) is 5.69 Å². The normalized spacial score (nSPS) is 10.2. The van der Waals surface area contributed by atoms with Crippen LogP contribution in [0.4, 0.5) is 35.1 Å². The summed E-state index contributed by atoms with van der Waals surface area (Å²) in [5.41, 5.74) is 5.53. The van der Waals surface area contributed by atoms with E-state index in [0.717, 1.165) is 58.4 Å². The number of hydrogen-bond donors (Lipinski definition) is 0. The Hall–Kier alpha value is -9.09. The topological polar surface area (TPSA) is 186 Å². The number of aromatic nitrogens is 16. The van der Waals surface area contributed by atoms with Gasteiger partial charge in [-0.25, -0.2) is 0 Å². The molecule has 0 bridgehead atoms. The Morgan fingerprint density at radius 1 is 0.465 bits per heavy atom. The largest absolute Gasteiger partial charge is 0.573 e. The summed E-state index contributed by atoms with van der Waals surface area (Å²) in [5.74, 6) is -2.02. The number of aryl methyl sites for hydroxylation is 2. The van der Waals surface area contributed by atoms with Gasteiger partial charge in [0.05, 0.1) is 5.69 Å². The van der Waals surface area contributed by atoms with E-state index in [9.17, 15) is 35.1 Å². The van der Waals surface area contributed by atoms with Crippen molar-refractivity contribution in [2.45, 2.75) is 20.0 Å². The second-order valence-corrected chi connectivity index (χ2v) is 16.8. The molecule has 445 valence electrons. The number of halogens is 8. The second kappa shape index (κ2) is 33.4. The molecule has 3 radical (unpaired) electrons. The monoisotopic (exact) mass is 1700 g/mol. The van der Waals surface area contributed by atoms with Gasteiger partial charge in [0.25, 0.3) is 0 Å². The van der Waals surface area contributed by atoms with E-state index in [-0.39, 0.29) is 77.4 Å². The minimum absolute atomic E-state index is 0. The minimum Gasteiger partial charge on any atom is -0.573 e. The van der Waals surface area contributed by atoms with Crippen LogP contribution < -0.4 is 15.2 Å². The summed E-state index contributed by atoms with van der Waals surface area (Å²) >= 11 is 0. The standard InChI is InChI=1S/C13H9N4.C10H7F3N3.2C9H5F2N2.C9H7FN3.C9H7N2.3Ir/c1-2-6-10(7-3-1)12-15-13(17-16-12)11-8-4-5-9-14-11;1-6-2-3-14-7(4-6)8-5-9(16-15-8)10(11,12)13;2*10-7-2-3-9(8(11)6-7)13-5-1-4-12-13;1-6-2-3-11-7(4-6)8-5-9(10)13-12-8;1-2-5-9(6-3-1)11-8-4-7-10-11;;;/h1-9H;2-5H,1H3;2*1-2,4-6H;2-5H,1H3;1-5,7-8H;;;/q6*-1;;;. The summed E-state index contributed by atoms with van der Waals surface area (Å²) in [6, 6.07) is 49.3. The summed E-state index contributed by atoms with van der Waals surface area (Å²) in [6.45, 7) is 3.77. The molecular weight excluding hydrogens is 1660 g/mol. The van der Waals surface area contributed by atoms with Crippen LogP contribution >= 0.6 is 0 Å². The molecule has 0 saturated heterocycles. The van der Waals surface area contributed by atoms with Crippen molar-refractivity contribution in [3.05, 3.63) is 272 Å². The van der Waals surface area contributed by atoms with Crippen LogP contribution in [-0.2, 0) is 66.5 Å². The fourth-order valence-electron chi connectivity index (χ4n) is 6.83. The van der Waals surface area contributed by atoms with Crippen LogP contribution in [0.3, 0.4) is 0 Å². The SMILES string of the molecule is Cc1ccnc(-c2cc(C(F)(F)F)n[n-]2)c1.Cc1ccnc(-c2cc(F)n[n-]2)c1.Fc1c[c-]c(-n2cccn2)c(F)c1.Fc1c[c-]c(-n2cccn2)c(F)c1.[Ir].[Ir].[Ir].[c-]1ccccc1-n1cccn1.c1ccc(-c2nnc(-c3ccccn3)[n-]2)cc1. The number of rotatable bonds is 7. The number of benzene rings is 4. The molecule has 0 fully saturated rings. The Labute approximate surface area is 526 Å². The predicted octanol–water partition coefficient (Wildman–Crippen LogP) is 11.7. The van der Waals surface area contributed by atoms with Gasteiger partial charge >= 0.3 is 6.18 Å². The van der Waals surface area contributed by atoms with E-state index in [2.05, 4.69) is 84.0 Å². The molecule has 86 heavy (non-hydrogen) atoms. The van der Waals surface area contributed by atoms with Crippen LogP contribution in [0.1, 0.15) is 16.8 Å². The molecule has 16 nitrogen and oxygen atoms in total. The van der Waals surface area contributed by atoms with Gasteiger partial charge in [-0.05, 0) is 114 Å². The molecule has 0 atom stereocenters. The van der Waals surface area contributed by atoms with Crippen molar-refractivity contribution in [3.8, 4) is 62.7 Å². The maximum atomic E-state index is 13.1. The molecule has 0 aliphatic heterocycles. The molecule has 4 aromatic carbocycles. The second-order valence-electron chi connectivity index (χ2n) is 16.8. The Morgan fingerprint density at radius 2 is 0.977 bits per heavy atom. The molecule has 27 heteroatoms. The fraction of sp³-hybridized carbons (Fsp3) is 0.0508. The van der Waals surface area contributed by atoms with E-state index in [1.165, 1.54) is 34.0 Å². The molecule has 9 aromatic heterocycles. The first-order chi connectivity index (χ1) is 40.2. The average Bonchev–Trinajstić information content (AvgIpc) is 4.55. The zero-order valence-corrected chi connectivity index (χ0v) is 51.5. The molecule has 0 N–H and O–H groups in total. The molecule has 0 aliphatic carbocycles. The Bertz CT molecular complexity index is 3880. The van der Waals surface area contributed by atoms with E-state index in [4.69, 9.17) is 0 Å². The van der Waals surface area contributed by atoms with Crippen LogP contribution in [0.15, 0.2) is 207 Å². The van der Waals surface area contributed by atoms with Crippen molar-refractivity contribution in [1.29, 1.82) is 0 Å². The van der Waals surface area contributed by atoms with Gasteiger partial charge in [0, 0.05) is 162 Å². The zero-order chi connectivity index (χ0) is 58.6. The summed E-state index contributed by atoms with van der Waals surface area (Å²) < 4.78 is 105. The summed E-state index contributed by atoms with van der Waals surface area (Å²) in [6.07, 6.45) is 10.2. The average molecular weight is 1700 g/mol. The molecule has 0 amide bonds. The van der Waals surface area contributed by atoms with E-state index in [1.54, 1.807) is 59.9 Å². The van der Waals surface area contributed by atoms with Crippen LogP contribution in [0.25, 0.3) is 62.7 Å². The van der Waals surface area contributed by atoms with Crippen LogP contribution in [0.5, 0.6) is 0 Å². The van der Waals surface area contributed by atoms with Crippen LogP contribution in [0.2, 0.25) is 0 Å². The van der Waals surface area contributed by atoms with Gasteiger partial charge in [0.15, 0.2) is 5.95 Å². The number of nitrogens with zero attached hydrogens (tertiary/aromatic N) is 16. The van der Waals surface area contributed by atoms with E-state index < -0.39 is 41.1 Å². The van der Waals surface area contributed by atoms with Crippen LogP contribution in [-0.4, -0.2) is 64.7 Å². The molecule has 0 unspecified atom stereocenters. The molecule has 13 rings (SSSR count). The maximum absolute atomic E-state index is 13.1. The van der Waals surface area contributed by atoms with Gasteiger partial charge in [-0.2, -0.15) is 69.3 Å². The van der Waals surface area contributed by atoms with Gasteiger partial charge in [-0.15, -0.1) is 30.3 Å². The van der Waals surface area contributed by atoms with Crippen molar-refractivity contribution in [3.63, 3.8) is 0 Å². The molecule has 0 aliphatic rings. The quantitative estimate of drug-likeness (QED) is 0.108. The maximum Gasteiger partial charge on any atom is 0.431 e. The first-order valence-electron chi connectivity index (χ1n) is 24.3. The van der Waals surface area contributed by atoms with Crippen molar-refractivity contribution < 1.29 is 95.4 Å². The van der Waals surface area contributed by atoms with E-state index in [0.29, 0.717) is 28.7 Å². The van der Waals surface area contributed by atoms with Crippen molar-refractivity contribution in [2.75, 3.05) is 0 Å². The van der Waals surface area contributed by atoms with Gasteiger partial charge < -0.3 is 35.6 Å². The number of pyridine rings is 3. The molecule has 0 saturated carbocycles. The van der Waals surface area contributed by atoms with E-state index >= 15 is 0 Å². The summed E-state index contributed by atoms with van der Waals surface area (Å²) in [5, 5.41) is 33.2. The summed E-state index contributed by atoms with van der Waals surface area (Å²) in [4.78, 5) is 16.5.